The zero-order chi connectivity index (χ0) is 13.5. The molecule has 0 aromatic carbocycles. The second kappa shape index (κ2) is 7.34. The fourth-order valence-corrected chi connectivity index (χ4v) is 1.81. The Labute approximate surface area is 109 Å². The van der Waals surface area contributed by atoms with Crippen molar-refractivity contribution in [3.05, 3.63) is 23.0 Å². The van der Waals surface area contributed by atoms with E-state index in [1.807, 2.05) is 0 Å². The molecule has 1 heterocycles. The summed E-state index contributed by atoms with van der Waals surface area (Å²) in [6.07, 6.45) is 3.96. The molecule has 4 nitrogen and oxygen atoms in total. The Morgan fingerprint density at radius 1 is 1.44 bits per heavy atom. The minimum Gasteiger partial charge on any atom is -0.506 e. The minimum atomic E-state index is 0.195. The molecule has 1 rings (SSSR count). The van der Waals surface area contributed by atoms with Crippen LogP contribution in [0.15, 0.2) is 6.20 Å². The quantitative estimate of drug-likeness (QED) is 0.732. The van der Waals surface area contributed by atoms with Gasteiger partial charge in [0.25, 0.3) is 0 Å². The van der Waals surface area contributed by atoms with Crippen LogP contribution in [0.3, 0.4) is 0 Å². The Morgan fingerprint density at radius 3 is 2.78 bits per heavy atom. The lowest BCUT2D eigenvalue weighted by atomic mass is 10.1. The first-order valence-corrected chi connectivity index (χ1v) is 6.50. The van der Waals surface area contributed by atoms with Gasteiger partial charge in [-0.15, -0.1) is 0 Å². The zero-order valence-corrected chi connectivity index (χ0v) is 11.6. The van der Waals surface area contributed by atoms with E-state index >= 15 is 0 Å². The predicted molar refractivity (Wildman–Crippen MR) is 72.3 cm³/mol. The molecule has 0 bridgehead atoms. The van der Waals surface area contributed by atoms with Crippen molar-refractivity contribution in [3.8, 4) is 5.75 Å². The standard InChI is InChI=1S/C14H24N2O2/c1-10(2)5-4-6-18-9-12-8-16-11(3)14(17)13(12)7-15/h8,10,17H,4-7,9,15H2,1-3H3. The maximum Gasteiger partial charge on any atom is 0.141 e. The molecule has 4 heteroatoms. The van der Waals surface area contributed by atoms with Gasteiger partial charge < -0.3 is 15.6 Å². The first kappa shape index (κ1) is 14.9. The Balaban J connectivity index is 2.49. The normalized spacial score (nSPS) is 11.2. The Bertz CT molecular complexity index is 378. The summed E-state index contributed by atoms with van der Waals surface area (Å²) >= 11 is 0. The van der Waals surface area contributed by atoms with Gasteiger partial charge >= 0.3 is 0 Å². The van der Waals surface area contributed by atoms with Gasteiger partial charge in [0.15, 0.2) is 0 Å². The van der Waals surface area contributed by atoms with Crippen LogP contribution in [0.1, 0.15) is 43.5 Å². The molecule has 0 spiro atoms. The number of aryl methyl sites for hydroxylation is 1. The largest absolute Gasteiger partial charge is 0.506 e. The van der Waals surface area contributed by atoms with Gasteiger partial charge in [0, 0.05) is 30.5 Å². The van der Waals surface area contributed by atoms with Crippen LogP contribution < -0.4 is 5.73 Å². The van der Waals surface area contributed by atoms with Crippen molar-refractivity contribution in [2.75, 3.05) is 6.61 Å². The number of nitrogens with zero attached hydrogens (tertiary/aromatic N) is 1. The van der Waals surface area contributed by atoms with Gasteiger partial charge in [0.1, 0.15) is 5.75 Å². The Morgan fingerprint density at radius 2 is 2.17 bits per heavy atom. The van der Waals surface area contributed by atoms with Crippen LogP contribution in [-0.2, 0) is 17.9 Å². The highest BCUT2D eigenvalue weighted by atomic mass is 16.5. The molecule has 0 fully saturated rings. The van der Waals surface area contributed by atoms with E-state index in [0.717, 1.165) is 24.2 Å². The SMILES string of the molecule is Cc1ncc(COCCCC(C)C)c(CN)c1O. The third-order valence-electron chi connectivity index (χ3n) is 2.96. The van der Waals surface area contributed by atoms with Crippen LogP contribution in [0.5, 0.6) is 5.75 Å². The molecule has 0 saturated carbocycles. The highest BCUT2D eigenvalue weighted by Crippen LogP contribution is 2.23. The maximum atomic E-state index is 9.86. The molecule has 0 saturated heterocycles. The monoisotopic (exact) mass is 252 g/mol. The van der Waals surface area contributed by atoms with Crippen molar-refractivity contribution in [1.29, 1.82) is 0 Å². The van der Waals surface area contributed by atoms with Gasteiger partial charge in [0.05, 0.1) is 12.3 Å². The van der Waals surface area contributed by atoms with Crippen LogP contribution in [0.4, 0.5) is 0 Å². The number of aromatic nitrogens is 1. The molecular formula is C14H24N2O2. The zero-order valence-electron chi connectivity index (χ0n) is 11.6. The van der Waals surface area contributed by atoms with Crippen LogP contribution >= 0.6 is 0 Å². The molecule has 0 aliphatic carbocycles. The number of rotatable bonds is 7. The van der Waals surface area contributed by atoms with Crippen LogP contribution in [0.25, 0.3) is 0 Å². The van der Waals surface area contributed by atoms with Gasteiger partial charge in [-0.2, -0.15) is 0 Å². The Kier molecular flexibility index (Phi) is 6.09. The van der Waals surface area contributed by atoms with Gasteiger partial charge in [-0.1, -0.05) is 13.8 Å². The maximum absolute atomic E-state index is 9.86. The lowest BCUT2D eigenvalue weighted by Gasteiger charge is -2.12. The van der Waals surface area contributed by atoms with Crippen molar-refractivity contribution in [3.63, 3.8) is 0 Å². The van der Waals surface area contributed by atoms with Gasteiger partial charge in [0.2, 0.25) is 0 Å². The summed E-state index contributed by atoms with van der Waals surface area (Å²) < 4.78 is 5.60. The van der Waals surface area contributed by atoms with E-state index in [-0.39, 0.29) is 5.75 Å². The molecule has 3 N–H and O–H groups in total. The van der Waals surface area contributed by atoms with E-state index in [1.54, 1.807) is 13.1 Å². The van der Waals surface area contributed by atoms with Crippen molar-refractivity contribution in [1.82, 2.24) is 4.98 Å². The second-order valence-corrected chi connectivity index (χ2v) is 4.99. The number of ether oxygens (including phenoxy) is 1. The van der Waals surface area contributed by atoms with Crippen molar-refractivity contribution < 1.29 is 9.84 Å². The van der Waals surface area contributed by atoms with Crippen molar-refractivity contribution in [2.45, 2.75) is 46.8 Å². The minimum absolute atomic E-state index is 0.195. The molecule has 1 aromatic rings. The highest BCUT2D eigenvalue weighted by Gasteiger charge is 2.10. The second-order valence-electron chi connectivity index (χ2n) is 4.99. The lowest BCUT2D eigenvalue weighted by molar-refractivity contribution is 0.114. The summed E-state index contributed by atoms with van der Waals surface area (Å²) in [5, 5.41) is 9.86. The molecule has 0 atom stereocenters. The smallest absolute Gasteiger partial charge is 0.141 e. The average molecular weight is 252 g/mol. The molecular weight excluding hydrogens is 228 g/mol. The first-order valence-electron chi connectivity index (χ1n) is 6.50. The average Bonchev–Trinajstić information content (AvgIpc) is 2.33. The first-order chi connectivity index (χ1) is 8.56. The van der Waals surface area contributed by atoms with E-state index in [9.17, 15) is 5.11 Å². The fourth-order valence-electron chi connectivity index (χ4n) is 1.81. The third-order valence-corrected chi connectivity index (χ3v) is 2.96. The van der Waals surface area contributed by atoms with Gasteiger partial charge in [-0.3, -0.25) is 4.98 Å². The Hall–Kier alpha value is -1.13. The predicted octanol–water partition coefficient (Wildman–Crippen LogP) is 2.51. The number of nitrogens with two attached hydrogens (primary N) is 1. The summed E-state index contributed by atoms with van der Waals surface area (Å²) in [5.41, 5.74) is 7.88. The van der Waals surface area contributed by atoms with Gasteiger partial charge in [-0.25, -0.2) is 0 Å². The van der Waals surface area contributed by atoms with E-state index in [2.05, 4.69) is 18.8 Å². The summed E-state index contributed by atoms with van der Waals surface area (Å²) in [6, 6.07) is 0. The fraction of sp³-hybridized carbons (Fsp3) is 0.643. The number of hydrogen-bond acceptors (Lipinski definition) is 4. The van der Waals surface area contributed by atoms with Gasteiger partial charge in [-0.05, 0) is 25.7 Å². The van der Waals surface area contributed by atoms with E-state index in [0.29, 0.717) is 24.8 Å². The molecule has 0 amide bonds. The number of hydrogen-bond donors (Lipinski definition) is 2. The summed E-state index contributed by atoms with van der Waals surface area (Å²) in [4.78, 5) is 4.13. The van der Waals surface area contributed by atoms with Crippen molar-refractivity contribution in [2.24, 2.45) is 11.7 Å². The van der Waals surface area contributed by atoms with Crippen LogP contribution in [0.2, 0.25) is 0 Å². The molecule has 0 radical (unpaired) electrons. The summed E-state index contributed by atoms with van der Waals surface area (Å²) in [5.74, 6) is 0.902. The van der Waals surface area contributed by atoms with Crippen LogP contribution in [0, 0.1) is 12.8 Å². The summed E-state index contributed by atoms with van der Waals surface area (Å²) in [6.45, 7) is 7.67. The third kappa shape index (κ3) is 4.27. The number of aromatic hydroxyl groups is 1. The van der Waals surface area contributed by atoms with E-state index in [4.69, 9.17) is 10.5 Å². The molecule has 0 aliphatic rings. The molecule has 18 heavy (non-hydrogen) atoms. The van der Waals surface area contributed by atoms with E-state index < -0.39 is 0 Å². The highest BCUT2D eigenvalue weighted by molar-refractivity contribution is 5.40. The van der Waals surface area contributed by atoms with Crippen LogP contribution in [-0.4, -0.2) is 16.7 Å². The molecule has 0 unspecified atom stereocenters. The van der Waals surface area contributed by atoms with Crippen molar-refractivity contribution >= 4 is 0 Å². The molecule has 102 valence electrons. The molecule has 0 aliphatic heterocycles. The topological polar surface area (TPSA) is 68.4 Å². The number of pyridine rings is 1. The molecule has 1 aromatic heterocycles. The van der Waals surface area contributed by atoms with E-state index in [1.165, 1.54) is 6.42 Å². The summed E-state index contributed by atoms with van der Waals surface area (Å²) in [7, 11) is 0. The lowest BCUT2D eigenvalue weighted by Crippen LogP contribution is -2.06.